The molecule has 0 aliphatic rings. The Hall–Kier alpha value is -3.93. The number of benzene rings is 4. The number of aromatic carboxylic acids is 1. The Kier molecular flexibility index (Phi) is 7.82. The first-order valence-electron chi connectivity index (χ1n) is 12.8. The van der Waals surface area contributed by atoms with Crippen molar-refractivity contribution in [2.24, 2.45) is 0 Å². The number of carbonyl (C=O) groups is 2. The molecule has 5 aromatic rings. The zero-order valence-electron chi connectivity index (χ0n) is 21.2. The summed E-state index contributed by atoms with van der Waals surface area (Å²) in [5.41, 5.74) is 4.68. The summed E-state index contributed by atoms with van der Waals surface area (Å²) < 4.78 is 0. The SMILES string of the molecule is CCCC(CC(=O)c1ccc(-c2c(Cl)cccc2-c2nc3ccccc3[nH]2)c(C(=O)O)c1)c1ccc(Cl)cc1. The molecule has 0 aliphatic heterocycles. The van der Waals surface area contributed by atoms with Gasteiger partial charge in [-0.2, -0.15) is 0 Å². The third-order valence-electron chi connectivity index (χ3n) is 6.91. The van der Waals surface area contributed by atoms with Gasteiger partial charge in [-0.1, -0.05) is 85.1 Å². The number of rotatable bonds is 9. The van der Waals surface area contributed by atoms with Crippen LogP contribution in [0.4, 0.5) is 0 Å². The molecule has 0 bridgehead atoms. The number of imidazole rings is 1. The van der Waals surface area contributed by atoms with Gasteiger partial charge in [0.25, 0.3) is 0 Å². The van der Waals surface area contributed by atoms with Crippen LogP contribution in [0.2, 0.25) is 10.0 Å². The van der Waals surface area contributed by atoms with E-state index >= 15 is 0 Å². The molecule has 1 heterocycles. The molecule has 0 saturated heterocycles. The van der Waals surface area contributed by atoms with E-state index in [1.165, 1.54) is 6.07 Å². The minimum Gasteiger partial charge on any atom is -0.478 e. The molecule has 5 nitrogen and oxygen atoms in total. The highest BCUT2D eigenvalue weighted by Crippen LogP contribution is 2.39. The van der Waals surface area contributed by atoms with Crippen molar-refractivity contribution in [3.63, 3.8) is 0 Å². The van der Waals surface area contributed by atoms with Gasteiger partial charge in [-0.3, -0.25) is 4.79 Å². The summed E-state index contributed by atoms with van der Waals surface area (Å²) >= 11 is 12.7. The number of hydrogen-bond acceptors (Lipinski definition) is 3. The Morgan fingerprint density at radius 1 is 0.923 bits per heavy atom. The van der Waals surface area contributed by atoms with Crippen molar-refractivity contribution in [3.05, 3.63) is 112 Å². The molecule has 0 aliphatic carbocycles. The highest BCUT2D eigenvalue weighted by Gasteiger charge is 2.23. The number of halogens is 2. The molecule has 0 radical (unpaired) electrons. The first-order chi connectivity index (χ1) is 18.9. The molecule has 39 heavy (non-hydrogen) atoms. The number of ketones is 1. The molecule has 4 aromatic carbocycles. The molecular formula is C32H26Cl2N2O3. The number of Topliss-reactive ketones (excluding diaryl/α,β-unsaturated/α-hetero) is 1. The fourth-order valence-electron chi connectivity index (χ4n) is 5.00. The number of carbonyl (C=O) groups excluding carboxylic acids is 1. The lowest BCUT2D eigenvalue weighted by Crippen LogP contribution is -2.10. The average molecular weight is 557 g/mol. The number of hydrogen-bond donors (Lipinski definition) is 2. The van der Waals surface area contributed by atoms with E-state index in [9.17, 15) is 14.7 Å². The Bertz CT molecular complexity index is 1640. The van der Waals surface area contributed by atoms with E-state index in [1.54, 1.807) is 24.3 Å². The minimum atomic E-state index is -1.14. The van der Waals surface area contributed by atoms with E-state index in [0.717, 1.165) is 29.4 Å². The van der Waals surface area contributed by atoms with Gasteiger partial charge in [0.1, 0.15) is 5.82 Å². The summed E-state index contributed by atoms with van der Waals surface area (Å²) in [4.78, 5) is 33.8. The van der Waals surface area contributed by atoms with Crippen LogP contribution in [0.15, 0.2) is 84.9 Å². The largest absolute Gasteiger partial charge is 0.478 e. The van der Waals surface area contributed by atoms with Crippen molar-refractivity contribution < 1.29 is 14.7 Å². The topological polar surface area (TPSA) is 83.0 Å². The van der Waals surface area contributed by atoms with E-state index in [2.05, 4.69) is 11.9 Å². The first-order valence-corrected chi connectivity index (χ1v) is 13.5. The van der Waals surface area contributed by atoms with Gasteiger partial charge in [0.05, 0.1) is 16.6 Å². The number of carboxylic acids is 1. The highest BCUT2D eigenvalue weighted by molar-refractivity contribution is 6.34. The number of nitrogens with zero attached hydrogens (tertiary/aromatic N) is 1. The Morgan fingerprint density at radius 3 is 2.41 bits per heavy atom. The highest BCUT2D eigenvalue weighted by atomic mass is 35.5. The zero-order valence-corrected chi connectivity index (χ0v) is 22.8. The molecule has 7 heteroatoms. The summed E-state index contributed by atoms with van der Waals surface area (Å²) in [5, 5.41) is 11.2. The number of nitrogens with one attached hydrogen (secondary N) is 1. The molecule has 5 rings (SSSR count). The van der Waals surface area contributed by atoms with E-state index in [-0.39, 0.29) is 23.7 Å². The van der Waals surface area contributed by atoms with Crippen LogP contribution in [0.3, 0.4) is 0 Å². The summed E-state index contributed by atoms with van der Waals surface area (Å²) in [6, 6.07) is 25.4. The Labute approximate surface area is 236 Å². The van der Waals surface area contributed by atoms with Crippen LogP contribution in [0.1, 0.15) is 58.4 Å². The predicted octanol–water partition coefficient (Wildman–Crippen LogP) is 9.06. The van der Waals surface area contributed by atoms with Gasteiger partial charge in [-0.05, 0) is 59.9 Å². The van der Waals surface area contributed by atoms with Crippen molar-refractivity contribution in [3.8, 4) is 22.5 Å². The zero-order chi connectivity index (χ0) is 27.5. The van der Waals surface area contributed by atoms with Crippen LogP contribution in [-0.2, 0) is 0 Å². The van der Waals surface area contributed by atoms with Crippen molar-refractivity contribution in [2.75, 3.05) is 0 Å². The lowest BCUT2D eigenvalue weighted by Gasteiger charge is -2.17. The van der Waals surface area contributed by atoms with E-state index in [0.29, 0.717) is 38.1 Å². The number of aromatic nitrogens is 2. The first kappa shape index (κ1) is 26.7. The molecule has 2 N–H and O–H groups in total. The molecule has 0 saturated carbocycles. The van der Waals surface area contributed by atoms with Gasteiger partial charge in [0.15, 0.2) is 5.78 Å². The van der Waals surface area contributed by atoms with Gasteiger partial charge in [0, 0.05) is 33.2 Å². The van der Waals surface area contributed by atoms with Crippen LogP contribution in [0.25, 0.3) is 33.5 Å². The van der Waals surface area contributed by atoms with Crippen LogP contribution in [0.5, 0.6) is 0 Å². The second-order valence-electron chi connectivity index (χ2n) is 9.49. The maximum Gasteiger partial charge on any atom is 0.336 e. The summed E-state index contributed by atoms with van der Waals surface area (Å²) in [6.45, 7) is 2.08. The number of carboxylic acid groups (broad SMARTS) is 1. The fourth-order valence-corrected chi connectivity index (χ4v) is 5.40. The number of para-hydroxylation sites is 2. The van der Waals surface area contributed by atoms with Crippen LogP contribution >= 0.6 is 23.2 Å². The number of aromatic amines is 1. The van der Waals surface area contributed by atoms with Gasteiger partial charge >= 0.3 is 5.97 Å². The maximum absolute atomic E-state index is 13.4. The summed E-state index contributed by atoms with van der Waals surface area (Å²) in [5.74, 6) is -0.668. The second kappa shape index (κ2) is 11.4. The normalized spacial score (nSPS) is 12.0. The molecule has 1 atom stereocenters. The third kappa shape index (κ3) is 5.60. The van der Waals surface area contributed by atoms with Crippen molar-refractivity contribution in [1.29, 1.82) is 0 Å². The van der Waals surface area contributed by atoms with Gasteiger partial charge in [-0.15, -0.1) is 0 Å². The molecule has 1 aromatic heterocycles. The molecule has 0 amide bonds. The van der Waals surface area contributed by atoms with E-state index in [4.69, 9.17) is 28.2 Å². The van der Waals surface area contributed by atoms with E-state index < -0.39 is 5.97 Å². The van der Waals surface area contributed by atoms with Crippen LogP contribution in [-0.4, -0.2) is 26.8 Å². The van der Waals surface area contributed by atoms with Gasteiger partial charge in [-0.25, -0.2) is 9.78 Å². The summed E-state index contributed by atoms with van der Waals surface area (Å²) in [7, 11) is 0. The minimum absolute atomic E-state index is 0.00449. The van der Waals surface area contributed by atoms with Crippen molar-refractivity contribution >= 4 is 46.0 Å². The third-order valence-corrected chi connectivity index (χ3v) is 7.48. The van der Waals surface area contributed by atoms with E-state index in [1.807, 2.05) is 54.6 Å². The quantitative estimate of drug-likeness (QED) is 0.177. The predicted molar refractivity (Wildman–Crippen MR) is 157 cm³/mol. The van der Waals surface area contributed by atoms with Crippen molar-refractivity contribution in [2.45, 2.75) is 32.1 Å². The van der Waals surface area contributed by atoms with Crippen LogP contribution in [0, 0.1) is 0 Å². The second-order valence-corrected chi connectivity index (χ2v) is 10.3. The smallest absolute Gasteiger partial charge is 0.336 e. The van der Waals surface area contributed by atoms with Crippen molar-refractivity contribution in [1.82, 2.24) is 9.97 Å². The number of fused-ring (bicyclic) bond motifs is 1. The Morgan fingerprint density at radius 2 is 1.69 bits per heavy atom. The average Bonchev–Trinajstić information content (AvgIpc) is 3.37. The summed E-state index contributed by atoms with van der Waals surface area (Å²) in [6.07, 6.45) is 2.01. The lowest BCUT2D eigenvalue weighted by molar-refractivity contribution is 0.0697. The van der Waals surface area contributed by atoms with Gasteiger partial charge in [0.2, 0.25) is 0 Å². The standard InChI is InChI=1S/C32H26Cl2N2O3/c1-2-6-20(19-11-14-22(33)15-12-19)18-29(37)21-13-16-23(25(17-21)32(38)39)30-24(7-5-8-26(30)34)31-35-27-9-3-4-10-28(27)36-31/h3-5,7-17,20H,2,6,18H2,1H3,(H,35,36)(H,38,39). The maximum atomic E-state index is 13.4. The van der Waals surface area contributed by atoms with Crippen LogP contribution < -0.4 is 0 Å². The molecule has 1 unspecified atom stereocenters. The number of H-pyrrole nitrogens is 1. The monoisotopic (exact) mass is 556 g/mol. The van der Waals surface area contributed by atoms with Gasteiger partial charge < -0.3 is 10.1 Å². The Balaban J connectivity index is 1.54. The lowest BCUT2D eigenvalue weighted by atomic mass is 9.87. The molecule has 196 valence electrons. The molecular weight excluding hydrogens is 531 g/mol. The molecule has 0 fully saturated rings. The fraction of sp³-hybridized carbons (Fsp3) is 0.156. The molecule has 0 spiro atoms.